The van der Waals surface area contributed by atoms with Crippen LogP contribution in [-0.2, 0) is 27.2 Å². The van der Waals surface area contributed by atoms with Crippen molar-refractivity contribution in [3.63, 3.8) is 0 Å². The van der Waals surface area contributed by atoms with Gasteiger partial charge in [-0.3, -0.25) is 19.7 Å². The Hall–Kier alpha value is -3.31. The Morgan fingerprint density at radius 2 is 2.03 bits per heavy atom. The van der Waals surface area contributed by atoms with Crippen LogP contribution in [0.15, 0.2) is 23.3 Å². The molecule has 0 saturated carbocycles. The number of thiophene rings is 1. The highest BCUT2D eigenvalue weighted by atomic mass is 35.5. The number of rotatable bonds is 6. The minimum Gasteiger partial charge on any atom is -0.462 e. The molecule has 0 aliphatic heterocycles. The zero-order valence-electron chi connectivity index (χ0n) is 17.0. The van der Waals surface area contributed by atoms with Gasteiger partial charge in [0.2, 0.25) is 0 Å². The van der Waals surface area contributed by atoms with Crippen LogP contribution in [0.1, 0.15) is 46.1 Å². The molecule has 1 aromatic heterocycles. The van der Waals surface area contributed by atoms with Crippen molar-refractivity contribution in [2.75, 3.05) is 11.9 Å². The number of anilines is 1. The Morgan fingerprint density at radius 1 is 1.28 bits per heavy atom. The molecule has 1 aliphatic rings. The minimum absolute atomic E-state index is 0.0355. The van der Waals surface area contributed by atoms with Crippen LogP contribution in [0.25, 0.3) is 0 Å². The summed E-state index contributed by atoms with van der Waals surface area (Å²) in [6.07, 6.45) is 4.57. The number of ether oxygens (including phenoxy) is 1. The van der Waals surface area contributed by atoms with Gasteiger partial charge in [-0.1, -0.05) is 17.7 Å². The summed E-state index contributed by atoms with van der Waals surface area (Å²) in [5.41, 5.74) is 3.20. The molecular weight excluding hydrogens is 460 g/mol. The van der Waals surface area contributed by atoms with Gasteiger partial charge >= 0.3 is 17.8 Å². The van der Waals surface area contributed by atoms with Crippen LogP contribution in [0.4, 0.5) is 10.7 Å². The fraction of sp³-hybridized carbons (Fsp3) is 0.300. The Balaban J connectivity index is 1.70. The summed E-state index contributed by atoms with van der Waals surface area (Å²) < 4.78 is 5.12. The van der Waals surface area contributed by atoms with Gasteiger partial charge in [0, 0.05) is 16.5 Å². The zero-order valence-corrected chi connectivity index (χ0v) is 18.5. The third-order valence-corrected chi connectivity index (χ3v) is 6.16. The number of fused-ring (bicyclic) bond motifs is 1. The van der Waals surface area contributed by atoms with Gasteiger partial charge in [0.05, 0.1) is 23.3 Å². The molecule has 1 aromatic carbocycles. The standard InChI is InChI=1S/C20H19ClN4O6S/c1-2-31-20(28)16-12-5-3-4-6-15(12)32-19(16)23-17(26)18(27)24-22-10-11-7-8-13(21)14(9-11)25(29)30/h7-10H,2-6H2,1H3,(H,23,26)(H,24,27)/b22-10+. The predicted molar refractivity (Wildman–Crippen MR) is 119 cm³/mol. The second-order valence-electron chi connectivity index (χ2n) is 6.76. The van der Waals surface area contributed by atoms with Crippen molar-refractivity contribution < 1.29 is 24.0 Å². The fourth-order valence-corrected chi connectivity index (χ4v) is 4.66. The van der Waals surface area contributed by atoms with Gasteiger partial charge in [0.15, 0.2) is 0 Å². The molecular formula is C20H19ClN4O6S. The first kappa shape index (κ1) is 23.4. The number of aryl methyl sites for hydroxylation is 1. The van der Waals surface area contributed by atoms with E-state index in [1.807, 2.05) is 0 Å². The van der Waals surface area contributed by atoms with Crippen molar-refractivity contribution in [1.82, 2.24) is 5.43 Å². The van der Waals surface area contributed by atoms with Crippen molar-refractivity contribution in [3.05, 3.63) is 54.9 Å². The molecule has 168 valence electrons. The lowest BCUT2D eigenvalue weighted by molar-refractivity contribution is -0.384. The van der Waals surface area contributed by atoms with Crippen LogP contribution in [0, 0.1) is 10.1 Å². The maximum atomic E-state index is 12.4. The van der Waals surface area contributed by atoms with E-state index in [1.165, 1.54) is 29.5 Å². The number of amides is 2. The van der Waals surface area contributed by atoms with Crippen molar-refractivity contribution in [2.24, 2.45) is 5.10 Å². The van der Waals surface area contributed by atoms with Crippen molar-refractivity contribution in [3.8, 4) is 0 Å². The van der Waals surface area contributed by atoms with E-state index in [0.29, 0.717) is 17.5 Å². The number of benzene rings is 1. The summed E-state index contributed by atoms with van der Waals surface area (Å²) in [6, 6.07) is 3.97. The highest BCUT2D eigenvalue weighted by Crippen LogP contribution is 2.38. The number of hydrazone groups is 1. The number of carbonyl (C=O) groups excluding carboxylic acids is 3. The number of nitro benzene ring substituents is 1. The van der Waals surface area contributed by atoms with Crippen molar-refractivity contribution in [1.29, 1.82) is 0 Å². The number of nitrogens with one attached hydrogen (secondary N) is 2. The number of halogens is 1. The Labute approximate surface area is 191 Å². The number of esters is 1. The van der Waals surface area contributed by atoms with E-state index < -0.39 is 22.7 Å². The fourth-order valence-electron chi connectivity index (χ4n) is 3.20. The number of hydrogen-bond acceptors (Lipinski definition) is 8. The normalized spacial score (nSPS) is 12.8. The van der Waals surface area contributed by atoms with E-state index in [2.05, 4.69) is 15.8 Å². The van der Waals surface area contributed by atoms with Gasteiger partial charge in [-0.05, 0) is 44.2 Å². The average molecular weight is 479 g/mol. The predicted octanol–water partition coefficient (Wildman–Crippen LogP) is 3.45. The number of nitro groups is 1. The molecule has 0 radical (unpaired) electrons. The topological polar surface area (TPSA) is 140 Å². The monoisotopic (exact) mass is 478 g/mol. The first-order chi connectivity index (χ1) is 15.3. The van der Waals surface area contributed by atoms with E-state index in [9.17, 15) is 24.5 Å². The molecule has 2 N–H and O–H groups in total. The Bertz CT molecular complexity index is 1110. The number of nitrogens with zero attached hydrogens (tertiary/aromatic N) is 2. The maximum Gasteiger partial charge on any atom is 0.341 e. The van der Waals surface area contributed by atoms with E-state index in [4.69, 9.17) is 16.3 Å². The van der Waals surface area contributed by atoms with E-state index in [0.717, 1.165) is 35.9 Å². The number of hydrogen-bond donors (Lipinski definition) is 2. The molecule has 1 aliphatic carbocycles. The lowest BCUT2D eigenvalue weighted by Gasteiger charge is -2.12. The minimum atomic E-state index is -1.06. The highest BCUT2D eigenvalue weighted by Gasteiger charge is 2.28. The molecule has 2 aromatic rings. The molecule has 32 heavy (non-hydrogen) atoms. The summed E-state index contributed by atoms with van der Waals surface area (Å²) in [5.74, 6) is -2.61. The van der Waals surface area contributed by atoms with Crippen LogP contribution in [-0.4, -0.2) is 35.5 Å². The van der Waals surface area contributed by atoms with Crippen LogP contribution < -0.4 is 10.7 Å². The molecule has 0 atom stereocenters. The van der Waals surface area contributed by atoms with Gasteiger partial charge in [-0.25, -0.2) is 10.2 Å². The second-order valence-corrected chi connectivity index (χ2v) is 8.27. The van der Waals surface area contributed by atoms with Gasteiger partial charge < -0.3 is 10.1 Å². The summed E-state index contributed by atoms with van der Waals surface area (Å²) in [6.45, 7) is 1.88. The van der Waals surface area contributed by atoms with Crippen LogP contribution in [0.3, 0.4) is 0 Å². The molecule has 0 saturated heterocycles. The van der Waals surface area contributed by atoms with E-state index in [1.54, 1.807) is 6.92 Å². The molecule has 0 fully saturated rings. The van der Waals surface area contributed by atoms with E-state index >= 15 is 0 Å². The van der Waals surface area contributed by atoms with Crippen molar-refractivity contribution >= 4 is 57.6 Å². The Kier molecular flexibility index (Phi) is 7.54. The summed E-state index contributed by atoms with van der Waals surface area (Å²) in [5, 5.41) is 17.3. The van der Waals surface area contributed by atoms with Crippen LogP contribution >= 0.6 is 22.9 Å². The van der Waals surface area contributed by atoms with Crippen LogP contribution in [0.2, 0.25) is 5.02 Å². The average Bonchev–Trinajstić information content (AvgIpc) is 3.12. The highest BCUT2D eigenvalue weighted by molar-refractivity contribution is 7.17. The smallest absolute Gasteiger partial charge is 0.341 e. The van der Waals surface area contributed by atoms with Gasteiger partial charge in [-0.15, -0.1) is 11.3 Å². The van der Waals surface area contributed by atoms with E-state index in [-0.39, 0.29) is 22.3 Å². The lowest BCUT2D eigenvalue weighted by Crippen LogP contribution is -2.32. The molecule has 2 amide bonds. The zero-order chi connectivity index (χ0) is 23.3. The Morgan fingerprint density at radius 3 is 2.75 bits per heavy atom. The molecule has 0 spiro atoms. The van der Waals surface area contributed by atoms with Gasteiger partial charge in [0.1, 0.15) is 10.0 Å². The first-order valence-electron chi connectivity index (χ1n) is 9.71. The molecule has 3 rings (SSSR count). The molecule has 10 nitrogen and oxygen atoms in total. The molecule has 1 heterocycles. The third kappa shape index (κ3) is 5.29. The van der Waals surface area contributed by atoms with Crippen molar-refractivity contribution in [2.45, 2.75) is 32.6 Å². The van der Waals surface area contributed by atoms with Gasteiger partial charge in [0.25, 0.3) is 5.69 Å². The summed E-state index contributed by atoms with van der Waals surface area (Å²) in [7, 11) is 0. The maximum absolute atomic E-state index is 12.4. The quantitative estimate of drug-likeness (QED) is 0.214. The van der Waals surface area contributed by atoms with Crippen LogP contribution in [0.5, 0.6) is 0 Å². The van der Waals surface area contributed by atoms with Gasteiger partial charge in [-0.2, -0.15) is 5.10 Å². The summed E-state index contributed by atoms with van der Waals surface area (Å²) >= 11 is 7.01. The molecule has 0 bridgehead atoms. The lowest BCUT2D eigenvalue weighted by atomic mass is 9.95. The second kappa shape index (κ2) is 10.3. The SMILES string of the molecule is CCOC(=O)c1c(NC(=O)C(=O)N/N=C/c2ccc(Cl)c([N+](=O)[O-])c2)sc2c1CCCC2. The first-order valence-corrected chi connectivity index (χ1v) is 10.9. The largest absolute Gasteiger partial charge is 0.462 e. The number of carbonyl (C=O) groups is 3. The molecule has 12 heteroatoms. The molecule has 0 unspecified atom stereocenters. The summed E-state index contributed by atoms with van der Waals surface area (Å²) in [4.78, 5) is 48.2. The third-order valence-electron chi connectivity index (χ3n) is 4.63.